The van der Waals surface area contributed by atoms with Gasteiger partial charge in [0.15, 0.2) is 11.7 Å². The van der Waals surface area contributed by atoms with E-state index in [4.69, 9.17) is 4.42 Å². The zero-order chi connectivity index (χ0) is 18.8. The fourth-order valence-electron chi connectivity index (χ4n) is 7.30. The van der Waals surface area contributed by atoms with Crippen LogP contribution in [0, 0.1) is 41.4 Å². The molecule has 0 amide bonds. The predicted molar refractivity (Wildman–Crippen MR) is 106 cm³/mol. The van der Waals surface area contributed by atoms with E-state index < -0.39 is 0 Å². The summed E-state index contributed by atoms with van der Waals surface area (Å²) in [5, 5.41) is 0. The number of aromatic nitrogens is 1. The van der Waals surface area contributed by atoms with Crippen LogP contribution in [0.5, 0.6) is 0 Å². The zero-order valence-electron chi connectivity index (χ0n) is 16.8. The average Bonchev–Trinajstić information content (AvgIpc) is 3.23. The highest BCUT2D eigenvalue weighted by Crippen LogP contribution is 2.66. The summed E-state index contributed by atoms with van der Waals surface area (Å²) >= 11 is 0. The van der Waals surface area contributed by atoms with Gasteiger partial charge in [-0.3, -0.25) is 0 Å². The summed E-state index contributed by atoms with van der Waals surface area (Å²) in [7, 11) is 0. The van der Waals surface area contributed by atoms with E-state index in [1.807, 2.05) is 13.1 Å². The molecule has 5 rings (SSSR count). The van der Waals surface area contributed by atoms with Gasteiger partial charge in [-0.25, -0.2) is 4.98 Å². The van der Waals surface area contributed by atoms with Gasteiger partial charge in [0.2, 0.25) is 0 Å². The Bertz CT molecular complexity index is 833. The van der Waals surface area contributed by atoms with E-state index in [0.717, 1.165) is 42.1 Å². The molecule has 6 atom stereocenters. The number of carbonyl (C=O) groups excluding carboxylic acids is 1. The summed E-state index contributed by atoms with van der Waals surface area (Å²) < 4.78 is 5.93. The van der Waals surface area contributed by atoms with E-state index in [0.29, 0.717) is 5.41 Å². The van der Waals surface area contributed by atoms with E-state index in [2.05, 4.69) is 31.0 Å². The molecular formula is C24H31NO2. The normalized spacial score (nSPS) is 43.2. The summed E-state index contributed by atoms with van der Waals surface area (Å²) in [6.45, 7) is 6.91. The lowest BCUT2D eigenvalue weighted by Crippen LogP contribution is -2.49. The summed E-state index contributed by atoms with van der Waals surface area (Å²) in [6.07, 6.45) is 16.3. The van der Waals surface area contributed by atoms with Gasteiger partial charge in [-0.1, -0.05) is 31.6 Å². The summed E-state index contributed by atoms with van der Waals surface area (Å²) in [5.74, 6) is 4.19. The highest BCUT2D eigenvalue weighted by atomic mass is 16.4. The molecule has 4 aliphatic rings. The molecule has 0 saturated heterocycles. The Hall–Kier alpha value is -1.64. The number of hydrogen-bond acceptors (Lipinski definition) is 3. The molecule has 1 unspecified atom stereocenters. The first-order valence-electron chi connectivity index (χ1n) is 10.8. The molecule has 2 saturated carbocycles. The van der Waals surface area contributed by atoms with Crippen LogP contribution in [0.1, 0.15) is 70.4 Å². The zero-order valence-corrected chi connectivity index (χ0v) is 16.8. The number of hydrogen-bond donors (Lipinski definition) is 0. The second-order valence-corrected chi connectivity index (χ2v) is 9.92. The van der Waals surface area contributed by atoms with Crippen LogP contribution in [0.15, 0.2) is 28.3 Å². The van der Waals surface area contributed by atoms with Crippen LogP contribution in [0.25, 0.3) is 5.57 Å². The molecule has 4 aliphatic carbocycles. The molecule has 1 heterocycles. The van der Waals surface area contributed by atoms with Crippen molar-refractivity contribution in [3.8, 4) is 0 Å². The van der Waals surface area contributed by atoms with Crippen molar-refractivity contribution in [3.63, 3.8) is 0 Å². The number of fused-ring (bicyclic) bond motifs is 5. The smallest absolute Gasteiger partial charge is 0.191 e. The van der Waals surface area contributed by atoms with Crippen LogP contribution in [-0.2, 0) is 4.79 Å². The molecule has 0 N–H and O–H groups in total. The molecule has 0 aliphatic heterocycles. The molecule has 1 aromatic rings. The van der Waals surface area contributed by atoms with Crippen LogP contribution >= 0.6 is 0 Å². The van der Waals surface area contributed by atoms with E-state index in [9.17, 15) is 4.79 Å². The molecule has 2 fully saturated rings. The molecule has 1 aromatic heterocycles. The van der Waals surface area contributed by atoms with Gasteiger partial charge < -0.3 is 9.21 Å². The number of aryl methyl sites for hydroxylation is 1. The van der Waals surface area contributed by atoms with E-state index in [1.54, 1.807) is 5.57 Å². The Morgan fingerprint density at radius 3 is 2.70 bits per heavy atom. The van der Waals surface area contributed by atoms with Gasteiger partial charge in [0.05, 0.1) is 6.20 Å². The standard InChI is InChI=1S/C24H31NO2/c1-15-25-13-22(27-15)21-7-6-19-18-5-4-17-12-16(14-26)8-10-23(17,2)20(18)9-11-24(19,21)3/h7,12-14,16,18-20H,4-6,8-11H2,1-3H3/t16?,18-,19-,20-,23-,24-/m0/s1. The van der Waals surface area contributed by atoms with Gasteiger partial charge in [-0.2, -0.15) is 0 Å². The maximum absolute atomic E-state index is 11.3. The lowest BCUT2D eigenvalue weighted by Gasteiger charge is -2.58. The second-order valence-electron chi connectivity index (χ2n) is 9.92. The number of allylic oxidation sites excluding steroid dienone is 4. The van der Waals surface area contributed by atoms with Gasteiger partial charge in [-0.05, 0) is 79.1 Å². The second kappa shape index (κ2) is 5.93. The summed E-state index contributed by atoms with van der Waals surface area (Å²) in [6, 6.07) is 0. The van der Waals surface area contributed by atoms with Crippen LogP contribution in [-0.4, -0.2) is 11.3 Å². The van der Waals surface area contributed by atoms with Crippen LogP contribution < -0.4 is 0 Å². The van der Waals surface area contributed by atoms with E-state index >= 15 is 0 Å². The maximum atomic E-state index is 11.3. The highest BCUT2D eigenvalue weighted by molar-refractivity contribution is 5.69. The monoisotopic (exact) mass is 365 g/mol. The number of oxazole rings is 1. The van der Waals surface area contributed by atoms with Crippen LogP contribution in [0.2, 0.25) is 0 Å². The third-order valence-electron chi connectivity index (χ3n) is 8.79. The Balaban J connectivity index is 1.46. The van der Waals surface area contributed by atoms with Crippen molar-refractivity contribution in [3.05, 3.63) is 35.6 Å². The third kappa shape index (κ3) is 2.39. The third-order valence-corrected chi connectivity index (χ3v) is 8.79. The minimum atomic E-state index is 0.160. The molecular weight excluding hydrogens is 334 g/mol. The number of carbonyl (C=O) groups is 1. The van der Waals surface area contributed by atoms with Gasteiger partial charge in [0.1, 0.15) is 6.29 Å². The minimum Gasteiger partial charge on any atom is -0.441 e. The lowest BCUT2D eigenvalue weighted by molar-refractivity contribution is -0.110. The minimum absolute atomic E-state index is 0.160. The Morgan fingerprint density at radius 1 is 1.15 bits per heavy atom. The van der Waals surface area contributed by atoms with Crippen LogP contribution in [0.4, 0.5) is 0 Å². The van der Waals surface area contributed by atoms with Crippen molar-refractivity contribution in [2.45, 2.75) is 65.7 Å². The van der Waals surface area contributed by atoms with Gasteiger partial charge in [0, 0.05) is 12.8 Å². The first-order chi connectivity index (χ1) is 13.0. The summed E-state index contributed by atoms with van der Waals surface area (Å²) in [4.78, 5) is 15.7. The number of aldehydes is 1. The first-order valence-corrected chi connectivity index (χ1v) is 10.8. The van der Waals surface area contributed by atoms with Gasteiger partial charge in [-0.15, -0.1) is 0 Å². The number of nitrogens with zero attached hydrogens (tertiary/aromatic N) is 1. The quantitative estimate of drug-likeness (QED) is 0.495. The van der Waals surface area contributed by atoms with Crippen LogP contribution in [0.3, 0.4) is 0 Å². The highest BCUT2D eigenvalue weighted by Gasteiger charge is 2.57. The van der Waals surface area contributed by atoms with Crippen molar-refractivity contribution in [1.82, 2.24) is 4.98 Å². The van der Waals surface area contributed by atoms with Crippen molar-refractivity contribution in [2.75, 3.05) is 0 Å². The molecule has 3 nitrogen and oxygen atoms in total. The van der Waals surface area contributed by atoms with Crippen molar-refractivity contribution < 1.29 is 9.21 Å². The Morgan fingerprint density at radius 2 is 1.96 bits per heavy atom. The van der Waals surface area contributed by atoms with Crippen molar-refractivity contribution in [2.24, 2.45) is 34.5 Å². The molecule has 0 spiro atoms. The fourth-order valence-corrected chi connectivity index (χ4v) is 7.30. The number of rotatable bonds is 2. The van der Waals surface area contributed by atoms with Crippen molar-refractivity contribution >= 4 is 11.9 Å². The molecule has 144 valence electrons. The summed E-state index contributed by atoms with van der Waals surface area (Å²) in [5.41, 5.74) is 3.54. The fraction of sp³-hybridized carbons (Fsp3) is 0.667. The predicted octanol–water partition coefficient (Wildman–Crippen LogP) is 5.75. The van der Waals surface area contributed by atoms with E-state index in [-0.39, 0.29) is 11.3 Å². The Kier molecular flexibility index (Phi) is 3.83. The van der Waals surface area contributed by atoms with Gasteiger partial charge >= 0.3 is 0 Å². The van der Waals surface area contributed by atoms with Gasteiger partial charge in [0.25, 0.3) is 0 Å². The molecule has 0 bridgehead atoms. The Labute approximate surface area is 162 Å². The van der Waals surface area contributed by atoms with Crippen molar-refractivity contribution in [1.29, 1.82) is 0 Å². The molecule has 0 radical (unpaired) electrons. The average molecular weight is 366 g/mol. The maximum Gasteiger partial charge on any atom is 0.191 e. The molecule has 27 heavy (non-hydrogen) atoms. The SMILES string of the molecule is Cc1ncc(C2=CC[C@H]3[C@@H]4CCC5=CC(C=O)CC[C@]5(C)[C@H]4CC[C@]23C)o1. The van der Waals surface area contributed by atoms with E-state index in [1.165, 1.54) is 44.1 Å². The first kappa shape index (κ1) is 17.5. The topological polar surface area (TPSA) is 43.1 Å². The largest absolute Gasteiger partial charge is 0.441 e. The molecule has 3 heteroatoms. The molecule has 0 aromatic carbocycles. The lowest BCUT2D eigenvalue weighted by atomic mass is 9.46.